The van der Waals surface area contributed by atoms with Crippen molar-refractivity contribution in [1.82, 2.24) is 0 Å². The van der Waals surface area contributed by atoms with E-state index in [1.54, 1.807) is 25.3 Å². The second-order valence-corrected chi connectivity index (χ2v) is 6.44. The highest BCUT2D eigenvalue weighted by Crippen LogP contribution is 2.33. The largest absolute Gasteiger partial charge is 0.478 e. The van der Waals surface area contributed by atoms with E-state index in [4.69, 9.17) is 11.2 Å². The molecule has 0 atom stereocenters. The number of carbonyl (C=O) groups is 1. The van der Waals surface area contributed by atoms with Gasteiger partial charge < -0.3 is 9.84 Å². The van der Waals surface area contributed by atoms with Gasteiger partial charge in [0, 0.05) is 35.4 Å². The van der Waals surface area contributed by atoms with Crippen molar-refractivity contribution in [3.63, 3.8) is 0 Å². The van der Waals surface area contributed by atoms with Crippen molar-refractivity contribution in [2.75, 3.05) is 7.11 Å². The topological polar surface area (TPSA) is 46.5 Å². The number of allylic oxidation sites excluding steroid dienone is 2. The second-order valence-electron chi connectivity index (χ2n) is 6.44. The third-order valence-corrected chi connectivity index (χ3v) is 4.72. The van der Waals surface area contributed by atoms with Gasteiger partial charge in [-0.05, 0) is 6.07 Å². The molecule has 0 bridgehead atoms. The molecule has 3 rings (SSSR count). The number of carboxylic acids is 1. The molecular weight excluding hydrogens is 372 g/mol. The minimum atomic E-state index is -1.05. The number of methoxy groups -OCH3 is 1. The fraction of sp³-hybridized carbons (Fsp3) is 0.0741. The number of hydrogen-bond acceptors (Lipinski definition) is 2. The van der Waals surface area contributed by atoms with E-state index >= 15 is 0 Å². The molecule has 3 heteroatoms. The minimum Gasteiger partial charge on any atom is -0.478 e. The third kappa shape index (κ3) is 4.18. The predicted molar refractivity (Wildman–Crippen MR) is 119 cm³/mol. The Labute approximate surface area is 176 Å². The average molecular weight is 392 g/mol. The molecule has 0 radical (unpaired) electrons. The van der Waals surface area contributed by atoms with E-state index in [9.17, 15) is 9.90 Å². The zero-order chi connectivity index (χ0) is 21.4. The average Bonchev–Trinajstić information content (AvgIpc) is 2.80. The van der Waals surface area contributed by atoms with Gasteiger partial charge in [-0.25, -0.2) is 4.79 Å². The summed E-state index contributed by atoms with van der Waals surface area (Å²) in [5, 5.41) is 9.56. The van der Waals surface area contributed by atoms with Crippen LogP contribution < -0.4 is 0 Å². The molecule has 0 aliphatic carbocycles. The van der Waals surface area contributed by atoms with Gasteiger partial charge in [-0.15, -0.1) is 6.42 Å². The summed E-state index contributed by atoms with van der Waals surface area (Å²) in [6.07, 6.45) is 6.99. The number of carboxylic acid groups (broad SMARTS) is 1. The van der Waals surface area contributed by atoms with Crippen LogP contribution >= 0.6 is 0 Å². The Morgan fingerprint density at radius 3 is 1.87 bits per heavy atom. The highest BCUT2D eigenvalue weighted by molar-refractivity contribution is 5.97. The van der Waals surface area contributed by atoms with Crippen LogP contribution in [-0.4, -0.2) is 18.2 Å². The molecule has 0 aliphatic rings. The van der Waals surface area contributed by atoms with Crippen LogP contribution in [0.5, 0.6) is 0 Å². The molecule has 0 saturated heterocycles. The molecule has 0 saturated carbocycles. The molecule has 146 valence electrons. The summed E-state index contributed by atoms with van der Waals surface area (Å²) in [4.78, 5) is 11.7. The van der Waals surface area contributed by atoms with Crippen LogP contribution in [0.3, 0.4) is 0 Å². The van der Waals surface area contributed by atoms with E-state index < -0.39 is 11.6 Å². The lowest BCUT2D eigenvalue weighted by Crippen LogP contribution is -2.28. The Hall–Kier alpha value is -4.05. The summed E-state index contributed by atoms with van der Waals surface area (Å²) >= 11 is 0. The summed E-state index contributed by atoms with van der Waals surface area (Å²) in [5.41, 5.74) is 1.70. The van der Waals surface area contributed by atoms with Gasteiger partial charge in [0.15, 0.2) is 5.60 Å². The predicted octanol–water partition coefficient (Wildman–Crippen LogP) is 5.00. The molecule has 0 fully saturated rings. The van der Waals surface area contributed by atoms with Gasteiger partial charge in [0.25, 0.3) is 0 Å². The van der Waals surface area contributed by atoms with Crippen LogP contribution in [0.2, 0.25) is 0 Å². The van der Waals surface area contributed by atoms with Gasteiger partial charge in [0.1, 0.15) is 0 Å². The molecular formula is C27H20O3. The molecule has 0 aliphatic heterocycles. The Bertz CT molecular complexity index is 1120. The van der Waals surface area contributed by atoms with Crippen LogP contribution in [0.15, 0.2) is 91.0 Å². The second kappa shape index (κ2) is 9.43. The molecule has 0 aromatic heterocycles. The number of benzene rings is 3. The Balaban J connectivity index is 2.23. The molecule has 1 N–H and O–H groups in total. The van der Waals surface area contributed by atoms with Gasteiger partial charge in [-0.3, -0.25) is 0 Å². The number of terminal acetylenes is 1. The standard InChI is InChI=1S/C27H20O3/c1-3-12-21(24-17-10-11-18-25(24)26(28)29)19-20-27(30-2,22-13-6-4-7-14-22)23-15-8-5-9-16-23/h1,4-18H,2H3,(H,28,29)/b21-12+. The van der Waals surface area contributed by atoms with Gasteiger partial charge in [-0.2, -0.15) is 0 Å². The van der Waals surface area contributed by atoms with Crippen LogP contribution in [0, 0.1) is 24.2 Å². The van der Waals surface area contributed by atoms with Crippen LogP contribution in [0.1, 0.15) is 27.0 Å². The maximum atomic E-state index is 11.7. The smallest absolute Gasteiger partial charge is 0.336 e. The fourth-order valence-corrected chi connectivity index (χ4v) is 3.27. The summed E-state index contributed by atoms with van der Waals surface area (Å²) in [6.45, 7) is 0. The lowest BCUT2D eigenvalue weighted by atomic mass is 9.86. The quantitative estimate of drug-likeness (QED) is 0.622. The maximum Gasteiger partial charge on any atom is 0.336 e. The van der Waals surface area contributed by atoms with E-state index in [-0.39, 0.29) is 5.56 Å². The Morgan fingerprint density at radius 1 is 0.900 bits per heavy atom. The van der Waals surface area contributed by atoms with Crippen molar-refractivity contribution in [3.05, 3.63) is 113 Å². The zero-order valence-corrected chi connectivity index (χ0v) is 16.5. The van der Waals surface area contributed by atoms with Gasteiger partial charge in [0.2, 0.25) is 0 Å². The SMILES string of the molecule is C#C/C=C(\C#CC(OC)(c1ccccc1)c1ccccc1)c1ccccc1C(=O)O. The highest BCUT2D eigenvalue weighted by Gasteiger charge is 2.32. The normalized spacial score (nSPS) is 11.1. The van der Waals surface area contributed by atoms with Gasteiger partial charge >= 0.3 is 5.97 Å². The number of rotatable bonds is 5. The van der Waals surface area contributed by atoms with Crippen LogP contribution in [-0.2, 0) is 10.3 Å². The van der Waals surface area contributed by atoms with E-state index in [1.807, 2.05) is 60.7 Å². The molecule has 3 nitrogen and oxygen atoms in total. The first-order chi connectivity index (χ1) is 14.6. The first kappa shape index (κ1) is 20.7. The number of ether oxygens (including phenoxy) is 1. The lowest BCUT2D eigenvalue weighted by Gasteiger charge is -2.28. The maximum absolute atomic E-state index is 11.7. The molecule has 3 aromatic rings. The Kier molecular flexibility index (Phi) is 6.50. The number of hydrogen-bond donors (Lipinski definition) is 1. The first-order valence-corrected chi connectivity index (χ1v) is 9.30. The third-order valence-electron chi connectivity index (χ3n) is 4.72. The summed E-state index contributed by atoms with van der Waals surface area (Å²) < 4.78 is 5.98. The zero-order valence-electron chi connectivity index (χ0n) is 16.5. The molecule has 0 amide bonds. The first-order valence-electron chi connectivity index (χ1n) is 9.30. The van der Waals surface area contributed by atoms with Crippen LogP contribution in [0.4, 0.5) is 0 Å². The fourth-order valence-electron chi connectivity index (χ4n) is 3.27. The molecule has 0 unspecified atom stereocenters. The van der Waals surface area contributed by atoms with E-state index in [0.717, 1.165) is 11.1 Å². The van der Waals surface area contributed by atoms with Crippen molar-refractivity contribution in [1.29, 1.82) is 0 Å². The van der Waals surface area contributed by atoms with Crippen LogP contribution in [0.25, 0.3) is 5.57 Å². The summed E-state index contributed by atoms with van der Waals surface area (Å²) in [7, 11) is 1.60. The molecule has 0 heterocycles. The van der Waals surface area contributed by atoms with Crippen molar-refractivity contribution < 1.29 is 14.6 Å². The van der Waals surface area contributed by atoms with Gasteiger partial charge in [-0.1, -0.05) is 96.6 Å². The lowest BCUT2D eigenvalue weighted by molar-refractivity contribution is 0.0696. The molecule has 3 aromatic carbocycles. The Morgan fingerprint density at radius 2 is 1.40 bits per heavy atom. The molecule has 30 heavy (non-hydrogen) atoms. The highest BCUT2D eigenvalue weighted by atomic mass is 16.5. The van der Waals surface area contributed by atoms with Crippen molar-refractivity contribution in [2.45, 2.75) is 5.60 Å². The molecule has 0 spiro atoms. The van der Waals surface area contributed by atoms with Crippen molar-refractivity contribution in [3.8, 4) is 24.2 Å². The summed E-state index contributed by atoms with van der Waals surface area (Å²) in [5.74, 6) is 7.76. The minimum absolute atomic E-state index is 0.135. The van der Waals surface area contributed by atoms with E-state index in [0.29, 0.717) is 11.1 Å². The van der Waals surface area contributed by atoms with E-state index in [2.05, 4.69) is 17.8 Å². The summed E-state index contributed by atoms with van der Waals surface area (Å²) in [6, 6.07) is 26.0. The van der Waals surface area contributed by atoms with Crippen molar-refractivity contribution >= 4 is 11.5 Å². The number of aromatic carboxylic acids is 1. The van der Waals surface area contributed by atoms with Gasteiger partial charge in [0.05, 0.1) is 5.56 Å². The monoisotopic (exact) mass is 392 g/mol. The van der Waals surface area contributed by atoms with E-state index in [1.165, 1.54) is 12.1 Å². The van der Waals surface area contributed by atoms with Crippen molar-refractivity contribution in [2.24, 2.45) is 0 Å².